The summed E-state index contributed by atoms with van der Waals surface area (Å²) in [4.78, 5) is 0. The first-order chi connectivity index (χ1) is 5.29. The maximum absolute atomic E-state index is 9.54. The molecule has 0 saturated carbocycles. The van der Waals surface area contributed by atoms with Crippen molar-refractivity contribution in [2.75, 3.05) is 0 Å². The van der Waals surface area contributed by atoms with Gasteiger partial charge in [-0.25, -0.2) is 0 Å². The highest BCUT2D eigenvalue weighted by Gasteiger charge is 2.15. The van der Waals surface area contributed by atoms with Crippen molar-refractivity contribution in [1.29, 1.82) is 0 Å². The molecule has 0 unspecified atom stereocenters. The standard InChI is InChI=1S/C9H10O2/c1-6-2-3-7-4-11-5-8(7)9(6)10/h2-3,10H,4-5H2,1H3. The predicted molar refractivity (Wildman–Crippen MR) is 41.3 cm³/mol. The van der Waals surface area contributed by atoms with Gasteiger partial charge in [-0.1, -0.05) is 12.1 Å². The molecule has 2 heteroatoms. The van der Waals surface area contributed by atoms with Gasteiger partial charge in [-0.3, -0.25) is 0 Å². The Bertz CT molecular complexity index is 292. The number of hydrogen-bond acceptors (Lipinski definition) is 2. The van der Waals surface area contributed by atoms with Gasteiger partial charge in [-0.2, -0.15) is 0 Å². The van der Waals surface area contributed by atoms with Crippen LogP contribution in [-0.4, -0.2) is 5.11 Å². The number of aromatic hydroxyl groups is 1. The molecule has 0 atom stereocenters. The summed E-state index contributed by atoms with van der Waals surface area (Å²) in [5.74, 6) is 0.403. The molecule has 2 nitrogen and oxygen atoms in total. The van der Waals surface area contributed by atoms with Crippen LogP contribution in [0.2, 0.25) is 0 Å². The van der Waals surface area contributed by atoms with E-state index in [1.807, 2.05) is 19.1 Å². The summed E-state index contributed by atoms with van der Waals surface area (Å²) in [6.45, 7) is 3.10. The Balaban J connectivity index is 2.62. The highest BCUT2D eigenvalue weighted by molar-refractivity contribution is 5.45. The van der Waals surface area contributed by atoms with Crippen molar-refractivity contribution in [2.45, 2.75) is 20.1 Å². The molecule has 11 heavy (non-hydrogen) atoms. The lowest BCUT2D eigenvalue weighted by Gasteiger charge is -2.02. The van der Waals surface area contributed by atoms with E-state index in [0.717, 1.165) is 16.7 Å². The van der Waals surface area contributed by atoms with Crippen LogP contribution in [0, 0.1) is 6.92 Å². The van der Waals surface area contributed by atoms with Crippen LogP contribution < -0.4 is 0 Å². The molecule has 1 heterocycles. The van der Waals surface area contributed by atoms with E-state index in [9.17, 15) is 5.11 Å². The number of hydrogen-bond donors (Lipinski definition) is 1. The van der Waals surface area contributed by atoms with Gasteiger partial charge in [0.1, 0.15) is 5.75 Å². The van der Waals surface area contributed by atoms with Gasteiger partial charge >= 0.3 is 0 Å². The lowest BCUT2D eigenvalue weighted by atomic mass is 10.1. The van der Waals surface area contributed by atoms with Gasteiger partial charge in [0.25, 0.3) is 0 Å². The Morgan fingerprint density at radius 3 is 3.00 bits per heavy atom. The van der Waals surface area contributed by atoms with Crippen LogP contribution in [0.5, 0.6) is 5.75 Å². The first kappa shape index (κ1) is 6.68. The summed E-state index contributed by atoms with van der Waals surface area (Å²) >= 11 is 0. The molecule has 2 rings (SSSR count). The van der Waals surface area contributed by atoms with E-state index in [1.54, 1.807) is 0 Å². The number of benzene rings is 1. The van der Waals surface area contributed by atoms with E-state index in [0.29, 0.717) is 19.0 Å². The lowest BCUT2D eigenvalue weighted by Crippen LogP contribution is -1.85. The fourth-order valence-corrected chi connectivity index (χ4v) is 1.35. The highest BCUT2D eigenvalue weighted by atomic mass is 16.5. The second-order valence-corrected chi connectivity index (χ2v) is 2.86. The minimum atomic E-state index is 0.403. The van der Waals surface area contributed by atoms with Crippen molar-refractivity contribution >= 4 is 0 Å². The molecule has 0 amide bonds. The third kappa shape index (κ3) is 0.906. The van der Waals surface area contributed by atoms with Gasteiger partial charge < -0.3 is 9.84 Å². The first-order valence-corrected chi connectivity index (χ1v) is 3.67. The molecule has 0 saturated heterocycles. The normalized spacial score (nSPS) is 15.0. The highest BCUT2D eigenvalue weighted by Crippen LogP contribution is 2.30. The second-order valence-electron chi connectivity index (χ2n) is 2.86. The van der Waals surface area contributed by atoms with Gasteiger partial charge in [0.15, 0.2) is 0 Å². The largest absolute Gasteiger partial charge is 0.507 e. The fraction of sp³-hybridized carbons (Fsp3) is 0.333. The Labute approximate surface area is 65.4 Å². The number of ether oxygens (including phenoxy) is 1. The van der Waals surface area contributed by atoms with Crippen LogP contribution in [0.4, 0.5) is 0 Å². The molecule has 1 N–H and O–H groups in total. The summed E-state index contributed by atoms with van der Waals surface area (Å²) in [5, 5.41) is 9.54. The molecule has 0 aliphatic carbocycles. The van der Waals surface area contributed by atoms with Gasteiger partial charge in [-0.05, 0) is 18.1 Å². The van der Waals surface area contributed by atoms with E-state index in [2.05, 4.69) is 0 Å². The average molecular weight is 150 g/mol. The SMILES string of the molecule is Cc1ccc2c(c1O)COC2. The molecule has 1 aromatic carbocycles. The van der Waals surface area contributed by atoms with Gasteiger partial charge in [0.2, 0.25) is 0 Å². The monoisotopic (exact) mass is 150 g/mol. The summed E-state index contributed by atoms with van der Waals surface area (Å²) < 4.78 is 5.19. The maximum Gasteiger partial charge on any atom is 0.124 e. The zero-order valence-corrected chi connectivity index (χ0v) is 6.42. The van der Waals surface area contributed by atoms with Crippen molar-refractivity contribution in [3.8, 4) is 5.75 Å². The number of aryl methyl sites for hydroxylation is 1. The van der Waals surface area contributed by atoms with Crippen molar-refractivity contribution in [2.24, 2.45) is 0 Å². The topological polar surface area (TPSA) is 29.5 Å². The summed E-state index contributed by atoms with van der Waals surface area (Å²) in [7, 11) is 0. The Kier molecular flexibility index (Phi) is 1.36. The molecule has 0 spiro atoms. The predicted octanol–water partition coefficient (Wildman–Crippen LogP) is 1.73. The van der Waals surface area contributed by atoms with Crippen LogP contribution >= 0.6 is 0 Å². The molecule has 1 aliphatic heterocycles. The zero-order chi connectivity index (χ0) is 7.84. The quantitative estimate of drug-likeness (QED) is 0.610. The van der Waals surface area contributed by atoms with Crippen LogP contribution in [0.15, 0.2) is 12.1 Å². The molecule has 0 bridgehead atoms. The lowest BCUT2D eigenvalue weighted by molar-refractivity contribution is 0.133. The summed E-state index contributed by atoms with van der Waals surface area (Å²) in [5.41, 5.74) is 3.01. The van der Waals surface area contributed by atoms with E-state index >= 15 is 0 Å². The number of phenols is 1. The molecule has 1 aliphatic rings. The summed E-state index contributed by atoms with van der Waals surface area (Å²) in [6.07, 6.45) is 0. The number of phenolic OH excluding ortho intramolecular Hbond substituents is 1. The second kappa shape index (κ2) is 2.24. The minimum absolute atomic E-state index is 0.403. The van der Waals surface area contributed by atoms with Crippen LogP contribution in [0.25, 0.3) is 0 Å². The third-order valence-electron chi connectivity index (χ3n) is 2.09. The fourth-order valence-electron chi connectivity index (χ4n) is 1.35. The minimum Gasteiger partial charge on any atom is -0.507 e. The Morgan fingerprint density at radius 2 is 2.18 bits per heavy atom. The van der Waals surface area contributed by atoms with Crippen molar-refractivity contribution in [1.82, 2.24) is 0 Å². The zero-order valence-electron chi connectivity index (χ0n) is 6.42. The van der Waals surface area contributed by atoms with Crippen LogP contribution in [0.3, 0.4) is 0 Å². The molecule has 0 radical (unpaired) electrons. The number of rotatable bonds is 0. The molecule has 0 aromatic heterocycles. The number of fused-ring (bicyclic) bond motifs is 1. The molecule has 0 fully saturated rings. The van der Waals surface area contributed by atoms with Crippen molar-refractivity contribution < 1.29 is 9.84 Å². The van der Waals surface area contributed by atoms with E-state index in [1.165, 1.54) is 0 Å². The van der Waals surface area contributed by atoms with Crippen LogP contribution in [-0.2, 0) is 18.0 Å². The van der Waals surface area contributed by atoms with E-state index in [4.69, 9.17) is 4.74 Å². The van der Waals surface area contributed by atoms with Crippen molar-refractivity contribution in [3.63, 3.8) is 0 Å². The molecular weight excluding hydrogens is 140 g/mol. The van der Waals surface area contributed by atoms with Crippen LogP contribution in [0.1, 0.15) is 16.7 Å². The molecular formula is C9H10O2. The van der Waals surface area contributed by atoms with E-state index in [-0.39, 0.29) is 0 Å². The van der Waals surface area contributed by atoms with Gasteiger partial charge in [0.05, 0.1) is 13.2 Å². The molecule has 1 aromatic rings. The van der Waals surface area contributed by atoms with E-state index < -0.39 is 0 Å². The maximum atomic E-state index is 9.54. The van der Waals surface area contributed by atoms with Gasteiger partial charge in [0, 0.05) is 5.56 Å². The average Bonchev–Trinajstić information content (AvgIpc) is 2.45. The Morgan fingerprint density at radius 1 is 1.36 bits per heavy atom. The van der Waals surface area contributed by atoms with Crippen molar-refractivity contribution in [3.05, 3.63) is 28.8 Å². The smallest absolute Gasteiger partial charge is 0.124 e. The Hall–Kier alpha value is -1.02. The van der Waals surface area contributed by atoms with Gasteiger partial charge in [-0.15, -0.1) is 0 Å². The summed E-state index contributed by atoms with van der Waals surface area (Å²) in [6, 6.07) is 3.93. The molecule has 58 valence electrons. The third-order valence-corrected chi connectivity index (χ3v) is 2.09. The first-order valence-electron chi connectivity index (χ1n) is 3.67.